The predicted octanol–water partition coefficient (Wildman–Crippen LogP) is 4.25. The largest absolute Gasteiger partial charge is 0.149 e. The molecule has 0 N–H and O–H groups in total. The molecule has 1 rings (SSSR count). The number of aryl methyl sites for hydroxylation is 2. The molecule has 1 atom stereocenters. The lowest BCUT2D eigenvalue weighted by Gasteiger charge is -2.11. The Balaban J connectivity index is 2.35. The second-order valence-corrected chi connectivity index (χ2v) is 5.54. The van der Waals surface area contributed by atoms with Gasteiger partial charge in [-0.2, -0.15) is 0 Å². The zero-order chi connectivity index (χ0) is 9.84. The quantitative estimate of drug-likeness (QED) is 0.660. The first-order valence-corrected chi connectivity index (χ1v) is 6.09. The smallest absolute Gasteiger partial charge is 0.0362 e. The second-order valence-electron chi connectivity index (χ2n) is 3.86. The van der Waals surface area contributed by atoms with Crippen LogP contribution in [0.15, 0.2) is 11.4 Å². The van der Waals surface area contributed by atoms with E-state index in [1.165, 1.54) is 10.4 Å². The van der Waals surface area contributed by atoms with Gasteiger partial charge in [0.2, 0.25) is 0 Å². The molecule has 0 radical (unpaired) electrons. The highest BCUT2D eigenvalue weighted by Gasteiger charge is 2.09. The molecule has 1 aromatic rings. The van der Waals surface area contributed by atoms with Crippen LogP contribution >= 0.6 is 22.9 Å². The lowest BCUT2D eigenvalue weighted by atomic mass is 10.0. The summed E-state index contributed by atoms with van der Waals surface area (Å²) >= 11 is 8.00. The molecular formula is C11H17ClS. The fraction of sp³-hybridized carbons (Fsp3) is 0.636. The standard InChI is InChI=1S/C11H17ClS/c1-8(2)11(12)5-4-10-6-9(3)13-7-10/h6-8,11H,4-5H2,1-3H3. The Bertz CT molecular complexity index is 252. The van der Waals surface area contributed by atoms with Crippen LogP contribution in [0.4, 0.5) is 0 Å². The molecule has 0 saturated heterocycles. The Hall–Kier alpha value is -0.0100. The molecule has 0 aromatic carbocycles. The lowest BCUT2D eigenvalue weighted by Crippen LogP contribution is -2.08. The molecule has 0 saturated carbocycles. The van der Waals surface area contributed by atoms with E-state index >= 15 is 0 Å². The van der Waals surface area contributed by atoms with Gasteiger partial charge in [0, 0.05) is 10.3 Å². The number of thiophene rings is 1. The minimum Gasteiger partial charge on any atom is -0.149 e. The van der Waals surface area contributed by atoms with E-state index in [1.54, 1.807) is 0 Å². The third kappa shape index (κ3) is 3.70. The summed E-state index contributed by atoms with van der Waals surface area (Å²) in [4.78, 5) is 1.39. The van der Waals surface area contributed by atoms with Crippen molar-refractivity contribution in [2.24, 2.45) is 5.92 Å². The van der Waals surface area contributed by atoms with Gasteiger partial charge in [-0.05, 0) is 42.7 Å². The van der Waals surface area contributed by atoms with Gasteiger partial charge in [-0.15, -0.1) is 22.9 Å². The summed E-state index contributed by atoms with van der Waals surface area (Å²) in [5, 5.41) is 2.56. The van der Waals surface area contributed by atoms with E-state index < -0.39 is 0 Å². The molecular weight excluding hydrogens is 200 g/mol. The van der Waals surface area contributed by atoms with Crippen LogP contribution in [0, 0.1) is 12.8 Å². The molecule has 0 spiro atoms. The van der Waals surface area contributed by atoms with Crippen molar-refractivity contribution in [2.75, 3.05) is 0 Å². The van der Waals surface area contributed by atoms with Gasteiger partial charge in [-0.3, -0.25) is 0 Å². The summed E-state index contributed by atoms with van der Waals surface area (Å²) in [6, 6.07) is 2.26. The van der Waals surface area contributed by atoms with E-state index in [0.717, 1.165) is 12.8 Å². The molecule has 0 nitrogen and oxygen atoms in total. The molecule has 74 valence electrons. The fourth-order valence-electron chi connectivity index (χ4n) is 1.27. The van der Waals surface area contributed by atoms with Crippen LogP contribution in [0.5, 0.6) is 0 Å². The van der Waals surface area contributed by atoms with Crippen LogP contribution in [-0.2, 0) is 6.42 Å². The van der Waals surface area contributed by atoms with E-state index in [2.05, 4.69) is 32.2 Å². The number of halogens is 1. The molecule has 1 unspecified atom stereocenters. The molecule has 1 heterocycles. The van der Waals surface area contributed by atoms with Gasteiger partial charge in [0.25, 0.3) is 0 Å². The van der Waals surface area contributed by atoms with Gasteiger partial charge in [-0.25, -0.2) is 0 Å². The minimum absolute atomic E-state index is 0.320. The summed E-state index contributed by atoms with van der Waals surface area (Å²) < 4.78 is 0. The van der Waals surface area contributed by atoms with Crippen molar-refractivity contribution in [2.45, 2.75) is 39.0 Å². The summed E-state index contributed by atoms with van der Waals surface area (Å²) in [6.45, 7) is 6.50. The Morgan fingerprint density at radius 3 is 2.62 bits per heavy atom. The Morgan fingerprint density at radius 2 is 2.15 bits per heavy atom. The zero-order valence-corrected chi connectivity index (χ0v) is 10.1. The number of alkyl halides is 1. The molecule has 13 heavy (non-hydrogen) atoms. The highest BCUT2D eigenvalue weighted by molar-refractivity contribution is 7.10. The number of hydrogen-bond acceptors (Lipinski definition) is 1. The minimum atomic E-state index is 0.320. The first kappa shape index (κ1) is 11.1. The van der Waals surface area contributed by atoms with Crippen molar-refractivity contribution >= 4 is 22.9 Å². The zero-order valence-electron chi connectivity index (χ0n) is 8.51. The van der Waals surface area contributed by atoms with Crippen molar-refractivity contribution in [1.29, 1.82) is 0 Å². The van der Waals surface area contributed by atoms with Crippen molar-refractivity contribution in [1.82, 2.24) is 0 Å². The highest BCUT2D eigenvalue weighted by Crippen LogP contribution is 2.19. The van der Waals surface area contributed by atoms with Crippen molar-refractivity contribution in [3.63, 3.8) is 0 Å². The van der Waals surface area contributed by atoms with Crippen molar-refractivity contribution in [3.05, 3.63) is 21.9 Å². The van der Waals surface area contributed by atoms with E-state index in [-0.39, 0.29) is 0 Å². The summed E-state index contributed by atoms with van der Waals surface area (Å²) in [5.41, 5.74) is 1.44. The molecule has 1 aromatic heterocycles. The van der Waals surface area contributed by atoms with Gasteiger partial charge in [0.05, 0.1) is 0 Å². The highest BCUT2D eigenvalue weighted by atomic mass is 35.5. The van der Waals surface area contributed by atoms with E-state index in [4.69, 9.17) is 11.6 Å². The topological polar surface area (TPSA) is 0 Å². The van der Waals surface area contributed by atoms with Crippen molar-refractivity contribution < 1.29 is 0 Å². The van der Waals surface area contributed by atoms with Crippen LogP contribution in [0.2, 0.25) is 0 Å². The third-order valence-corrected chi connectivity index (χ3v) is 3.85. The number of hydrogen-bond donors (Lipinski definition) is 0. The second kappa shape index (κ2) is 5.02. The first-order valence-electron chi connectivity index (χ1n) is 4.77. The summed E-state index contributed by atoms with van der Waals surface area (Å²) in [7, 11) is 0. The normalized spacial score (nSPS) is 13.6. The van der Waals surface area contributed by atoms with Crippen LogP contribution < -0.4 is 0 Å². The van der Waals surface area contributed by atoms with Crippen LogP contribution in [0.25, 0.3) is 0 Å². The van der Waals surface area contributed by atoms with Gasteiger partial charge in [0.15, 0.2) is 0 Å². The molecule has 0 aliphatic rings. The Kier molecular flexibility index (Phi) is 4.27. The average Bonchev–Trinajstić information content (AvgIpc) is 2.47. The van der Waals surface area contributed by atoms with E-state index in [9.17, 15) is 0 Å². The van der Waals surface area contributed by atoms with E-state index in [0.29, 0.717) is 11.3 Å². The van der Waals surface area contributed by atoms with Gasteiger partial charge in [-0.1, -0.05) is 13.8 Å². The maximum Gasteiger partial charge on any atom is 0.0362 e. The molecule has 0 aliphatic heterocycles. The van der Waals surface area contributed by atoms with Crippen molar-refractivity contribution in [3.8, 4) is 0 Å². The maximum absolute atomic E-state index is 6.18. The van der Waals surface area contributed by atoms with Gasteiger partial charge >= 0.3 is 0 Å². The van der Waals surface area contributed by atoms with Gasteiger partial charge < -0.3 is 0 Å². The van der Waals surface area contributed by atoms with Crippen LogP contribution in [0.1, 0.15) is 30.7 Å². The van der Waals surface area contributed by atoms with Gasteiger partial charge in [0.1, 0.15) is 0 Å². The Morgan fingerprint density at radius 1 is 1.46 bits per heavy atom. The van der Waals surface area contributed by atoms with E-state index in [1.807, 2.05) is 11.3 Å². The first-order chi connectivity index (χ1) is 6.09. The number of rotatable bonds is 4. The van der Waals surface area contributed by atoms with Crippen LogP contribution in [-0.4, -0.2) is 5.38 Å². The monoisotopic (exact) mass is 216 g/mol. The molecule has 0 bridgehead atoms. The molecule has 0 amide bonds. The summed E-state index contributed by atoms with van der Waals surface area (Å²) in [6.07, 6.45) is 2.21. The fourth-order valence-corrected chi connectivity index (χ4v) is 2.12. The molecule has 2 heteroatoms. The predicted molar refractivity (Wildman–Crippen MR) is 61.9 cm³/mol. The lowest BCUT2D eigenvalue weighted by molar-refractivity contribution is 0.565. The third-order valence-electron chi connectivity index (χ3n) is 2.22. The average molecular weight is 217 g/mol. The van der Waals surface area contributed by atoms with Crippen LogP contribution in [0.3, 0.4) is 0 Å². The maximum atomic E-state index is 6.18. The SMILES string of the molecule is Cc1cc(CCC(Cl)C(C)C)cs1. The molecule has 0 fully saturated rings. The molecule has 0 aliphatic carbocycles. The summed E-state index contributed by atoms with van der Waals surface area (Å²) in [5.74, 6) is 0.585. The Labute approximate surface area is 89.9 Å².